The van der Waals surface area contributed by atoms with Crippen molar-refractivity contribution in [2.45, 2.75) is 19.1 Å². The summed E-state index contributed by atoms with van der Waals surface area (Å²) in [5.41, 5.74) is 3.73. The standard InChI is InChI=1S/C17H19NO/c19-13-15-6-4-5-14(9-15)10-18-11-17(12-18)16-7-2-1-3-8-16/h1-9,17,19H,10-13H2. The van der Waals surface area contributed by atoms with E-state index in [-0.39, 0.29) is 6.61 Å². The van der Waals surface area contributed by atoms with Gasteiger partial charge >= 0.3 is 0 Å². The van der Waals surface area contributed by atoms with E-state index < -0.39 is 0 Å². The maximum atomic E-state index is 9.14. The van der Waals surface area contributed by atoms with Crippen LogP contribution in [0.25, 0.3) is 0 Å². The molecular formula is C17H19NO. The van der Waals surface area contributed by atoms with Crippen LogP contribution in [0.5, 0.6) is 0 Å². The number of likely N-dealkylation sites (tertiary alicyclic amines) is 1. The molecule has 1 saturated heterocycles. The molecule has 1 fully saturated rings. The highest BCUT2D eigenvalue weighted by Crippen LogP contribution is 2.28. The Bertz CT molecular complexity index is 532. The number of rotatable bonds is 4. The van der Waals surface area contributed by atoms with E-state index in [1.54, 1.807) is 0 Å². The largest absolute Gasteiger partial charge is 0.392 e. The van der Waals surface area contributed by atoms with E-state index in [0.29, 0.717) is 5.92 Å². The summed E-state index contributed by atoms with van der Waals surface area (Å²) < 4.78 is 0. The van der Waals surface area contributed by atoms with Crippen molar-refractivity contribution >= 4 is 0 Å². The van der Waals surface area contributed by atoms with Gasteiger partial charge in [0.1, 0.15) is 0 Å². The van der Waals surface area contributed by atoms with Crippen LogP contribution in [0.3, 0.4) is 0 Å². The second kappa shape index (κ2) is 5.55. The molecule has 0 bridgehead atoms. The van der Waals surface area contributed by atoms with Gasteiger partial charge in [0.25, 0.3) is 0 Å². The fraction of sp³-hybridized carbons (Fsp3) is 0.294. The van der Waals surface area contributed by atoms with Crippen LogP contribution in [0.2, 0.25) is 0 Å². The van der Waals surface area contributed by atoms with Crippen molar-refractivity contribution in [1.29, 1.82) is 0 Å². The van der Waals surface area contributed by atoms with Gasteiger partial charge in [0.2, 0.25) is 0 Å². The first-order valence-electron chi connectivity index (χ1n) is 6.81. The Morgan fingerprint density at radius 2 is 1.68 bits per heavy atom. The molecule has 1 aliphatic heterocycles. The third-order valence-electron chi connectivity index (χ3n) is 3.81. The smallest absolute Gasteiger partial charge is 0.0681 e. The van der Waals surface area contributed by atoms with Crippen molar-refractivity contribution < 1.29 is 5.11 Å². The van der Waals surface area contributed by atoms with E-state index >= 15 is 0 Å². The van der Waals surface area contributed by atoms with E-state index in [1.165, 1.54) is 11.1 Å². The molecule has 1 aliphatic rings. The van der Waals surface area contributed by atoms with E-state index in [4.69, 9.17) is 5.11 Å². The Labute approximate surface area is 114 Å². The van der Waals surface area contributed by atoms with Gasteiger partial charge in [-0.2, -0.15) is 0 Å². The third-order valence-corrected chi connectivity index (χ3v) is 3.81. The quantitative estimate of drug-likeness (QED) is 0.905. The third kappa shape index (κ3) is 2.86. The summed E-state index contributed by atoms with van der Waals surface area (Å²) >= 11 is 0. The van der Waals surface area contributed by atoms with Crippen molar-refractivity contribution in [1.82, 2.24) is 4.90 Å². The van der Waals surface area contributed by atoms with Crippen LogP contribution in [0.15, 0.2) is 54.6 Å². The van der Waals surface area contributed by atoms with E-state index in [1.807, 2.05) is 12.1 Å². The highest BCUT2D eigenvalue weighted by atomic mass is 16.3. The highest BCUT2D eigenvalue weighted by Gasteiger charge is 2.27. The number of hydrogen-bond acceptors (Lipinski definition) is 2. The average Bonchev–Trinajstić information content (AvgIpc) is 2.43. The van der Waals surface area contributed by atoms with Crippen molar-refractivity contribution in [3.8, 4) is 0 Å². The van der Waals surface area contributed by atoms with Gasteiger partial charge in [0.15, 0.2) is 0 Å². The van der Waals surface area contributed by atoms with E-state index in [9.17, 15) is 0 Å². The molecule has 3 rings (SSSR count). The molecule has 2 nitrogen and oxygen atoms in total. The van der Waals surface area contributed by atoms with Crippen LogP contribution in [0.4, 0.5) is 0 Å². The Hall–Kier alpha value is -1.64. The lowest BCUT2D eigenvalue weighted by Crippen LogP contribution is -2.44. The molecule has 0 spiro atoms. The summed E-state index contributed by atoms with van der Waals surface area (Å²) in [5, 5.41) is 9.14. The topological polar surface area (TPSA) is 23.5 Å². The maximum absolute atomic E-state index is 9.14. The van der Waals surface area contributed by atoms with Crippen molar-refractivity contribution in [3.63, 3.8) is 0 Å². The number of nitrogens with zero attached hydrogens (tertiary/aromatic N) is 1. The first-order valence-corrected chi connectivity index (χ1v) is 6.81. The summed E-state index contributed by atoms with van der Waals surface area (Å²) in [5.74, 6) is 0.683. The first-order chi connectivity index (χ1) is 9.35. The van der Waals surface area contributed by atoms with Gasteiger partial charge in [-0.25, -0.2) is 0 Å². The maximum Gasteiger partial charge on any atom is 0.0681 e. The Kier molecular flexibility index (Phi) is 3.62. The zero-order valence-corrected chi connectivity index (χ0v) is 11.0. The molecule has 0 unspecified atom stereocenters. The number of aliphatic hydroxyl groups excluding tert-OH is 1. The molecule has 19 heavy (non-hydrogen) atoms. The van der Waals surface area contributed by atoms with Crippen LogP contribution in [0, 0.1) is 0 Å². The Morgan fingerprint density at radius 1 is 0.947 bits per heavy atom. The monoisotopic (exact) mass is 253 g/mol. The second-order valence-electron chi connectivity index (χ2n) is 5.28. The number of hydrogen-bond donors (Lipinski definition) is 1. The lowest BCUT2D eigenvalue weighted by molar-refractivity contribution is 0.139. The minimum absolute atomic E-state index is 0.125. The average molecular weight is 253 g/mol. The van der Waals surface area contributed by atoms with Crippen LogP contribution < -0.4 is 0 Å². The number of aliphatic hydroxyl groups is 1. The molecule has 0 radical (unpaired) electrons. The molecule has 2 heteroatoms. The van der Waals surface area contributed by atoms with Crippen molar-refractivity contribution in [2.24, 2.45) is 0 Å². The van der Waals surface area contributed by atoms with Gasteiger partial charge in [-0.3, -0.25) is 4.90 Å². The highest BCUT2D eigenvalue weighted by molar-refractivity contribution is 5.25. The Balaban J connectivity index is 1.56. The molecule has 1 heterocycles. The van der Waals surface area contributed by atoms with Gasteiger partial charge in [0, 0.05) is 25.6 Å². The fourth-order valence-electron chi connectivity index (χ4n) is 2.72. The normalized spacial score (nSPS) is 16.3. The summed E-state index contributed by atoms with van der Waals surface area (Å²) in [7, 11) is 0. The minimum Gasteiger partial charge on any atom is -0.392 e. The van der Waals surface area contributed by atoms with E-state index in [0.717, 1.165) is 25.2 Å². The SMILES string of the molecule is OCc1cccc(CN2CC(c3ccccc3)C2)c1. The van der Waals surface area contributed by atoms with Gasteiger partial charge in [-0.15, -0.1) is 0 Å². The first kappa shape index (κ1) is 12.4. The lowest BCUT2D eigenvalue weighted by Gasteiger charge is -2.39. The molecule has 0 atom stereocenters. The van der Waals surface area contributed by atoms with Gasteiger partial charge in [-0.05, 0) is 16.7 Å². The Morgan fingerprint density at radius 3 is 2.42 bits per heavy atom. The molecule has 0 aliphatic carbocycles. The minimum atomic E-state index is 0.125. The van der Waals surface area contributed by atoms with Crippen LogP contribution in [0.1, 0.15) is 22.6 Å². The van der Waals surface area contributed by atoms with E-state index in [2.05, 4.69) is 47.4 Å². The molecule has 0 amide bonds. The number of benzene rings is 2. The molecule has 1 N–H and O–H groups in total. The van der Waals surface area contributed by atoms with Gasteiger partial charge < -0.3 is 5.11 Å². The summed E-state index contributed by atoms with van der Waals surface area (Å²) in [6.45, 7) is 3.37. The molecule has 2 aromatic rings. The predicted octanol–water partition coefficient (Wildman–Crippen LogP) is 2.78. The van der Waals surface area contributed by atoms with Crippen molar-refractivity contribution in [3.05, 3.63) is 71.3 Å². The second-order valence-corrected chi connectivity index (χ2v) is 5.28. The van der Waals surface area contributed by atoms with Crippen LogP contribution in [-0.4, -0.2) is 23.1 Å². The summed E-state index contributed by atoms with van der Waals surface area (Å²) in [6, 6.07) is 18.9. The summed E-state index contributed by atoms with van der Waals surface area (Å²) in [4.78, 5) is 2.45. The van der Waals surface area contributed by atoms with Crippen molar-refractivity contribution in [2.75, 3.05) is 13.1 Å². The predicted molar refractivity (Wildman–Crippen MR) is 76.8 cm³/mol. The molecule has 2 aromatic carbocycles. The fourth-order valence-corrected chi connectivity index (χ4v) is 2.72. The zero-order chi connectivity index (χ0) is 13.1. The molecular weight excluding hydrogens is 234 g/mol. The van der Waals surface area contributed by atoms with Crippen LogP contribution >= 0.6 is 0 Å². The lowest BCUT2D eigenvalue weighted by atomic mass is 9.91. The molecule has 0 aromatic heterocycles. The van der Waals surface area contributed by atoms with Crippen LogP contribution in [-0.2, 0) is 13.2 Å². The molecule has 0 saturated carbocycles. The zero-order valence-electron chi connectivity index (χ0n) is 11.0. The van der Waals surface area contributed by atoms with Gasteiger partial charge in [-0.1, -0.05) is 54.6 Å². The molecule has 98 valence electrons. The van der Waals surface area contributed by atoms with Gasteiger partial charge in [0.05, 0.1) is 6.61 Å². The summed E-state index contributed by atoms with van der Waals surface area (Å²) in [6.07, 6.45) is 0.